The van der Waals surface area contributed by atoms with Gasteiger partial charge in [0.25, 0.3) is 0 Å². The van der Waals surface area contributed by atoms with E-state index in [2.05, 4.69) is 15.3 Å². The molecule has 0 amide bonds. The van der Waals surface area contributed by atoms with E-state index in [1.54, 1.807) is 31.7 Å². The first-order valence-corrected chi connectivity index (χ1v) is 11.9. The van der Waals surface area contributed by atoms with Crippen LogP contribution >= 0.6 is 0 Å². The Morgan fingerprint density at radius 1 is 0.946 bits per heavy atom. The average molecular weight is 498 g/mol. The SMILES string of the molecule is COc1ccc(Cn2c(=O)nc(NCc3cnc(C)cc3C)n(Cc3ccc4occc4c3)c2=O)cc1. The standard InChI is InChI=1S/C28H27N5O4/c1-18-12-19(2)29-14-23(18)15-30-26-31-27(34)33(16-20-4-7-24(36-3)8-5-20)28(35)32(26)17-21-6-9-25-22(13-21)10-11-37-25/h4-14H,15-17H2,1-3H3,(H,30,31,34). The Bertz CT molecular complexity index is 1680. The molecule has 2 aromatic carbocycles. The molecule has 188 valence electrons. The number of benzene rings is 2. The molecule has 9 heteroatoms. The van der Waals surface area contributed by atoms with E-state index in [1.807, 2.05) is 56.3 Å². The molecule has 1 N–H and O–H groups in total. The number of pyridine rings is 1. The molecule has 0 fully saturated rings. The summed E-state index contributed by atoms with van der Waals surface area (Å²) in [5.74, 6) is 0.898. The monoisotopic (exact) mass is 497 g/mol. The van der Waals surface area contributed by atoms with Crippen molar-refractivity contribution in [3.63, 3.8) is 0 Å². The minimum Gasteiger partial charge on any atom is -0.497 e. The van der Waals surface area contributed by atoms with E-state index in [1.165, 1.54) is 4.57 Å². The van der Waals surface area contributed by atoms with Gasteiger partial charge in [0.2, 0.25) is 5.95 Å². The predicted molar refractivity (Wildman–Crippen MR) is 141 cm³/mol. The highest BCUT2D eigenvalue weighted by Crippen LogP contribution is 2.18. The summed E-state index contributed by atoms with van der Waals surface area (Å²) < 4.78 is 13.3. The molecule has 0 unspecified atom stereocenters. The highest BCUT2D eigenvalue weighted by atomic mass is 16.5. The maximum atomic E-state index is 13.7. The number of hydrogen-bond donors (Lipinski definition) is 1. The third kappa shape index (κ3) is 5.16. The van der Waals surface area contributed by atoms with E-state index in [-0.39, 0.29) is 19.0 Å². The summed E-state index contributed by atoms with van der Waals surface area (Å²) in [4.78, 5) is 35.3. The van der Waals surface area contributed by atoms with Crippen LogP contribution in [-0.4, -0.2) is 26.2 Å². The molecule has 3 heterocycles. The number of anilines is 1. The van der Waals surface area contributed by atoms with E-state index in [0.29, 0.717) is 12.3 Å². The predicted octanol–water partition coefficient (Wildman–Crippen LogP) is 3.88. The van der Waals surface area contributed by atoms with Crippen molar-refractivity contribution in [2.45, 2.75) is 33.5 Å². The van der Waals surface area contributed by atoms with Crippen molar-refractivity contribution in [1.82, 2.24) is 19.1 Å². The number of nitrogens with one attached hydrogen (secondary N) is 1. The number of nitrogens with zero attached hydrogens (tertiary/aromatic N) is 4. The second-order valence-electron chi connectivity index (χ2n) is 8.92. The molecule has 0 radical (unpaired) electrons. The van der Waals surface area contributed by atoms with Gasteiger partial charge in [-0.25, -0.2) is 14.2 Å². The Balaban J connectivity index is 1.53. The Labute approximate surface area is 213 Å². The number of rotatable bonds is 8. The zero-order valence-corrected chi connectivity index (χ0v) is 20.9. The summed E-state index contributed by atoms with van der Waals surface area (Å²) in [6.45, 7) is 4.62. The lowest BCUT2D eigenvalue weighted by atomic mass is 10.1. The summed E-state index contributed by atoms with van der Waals surface area (Å²) in [7, 11) is 1.59. The largest absolute Gasteiger partial charge is 0.497 e. The molecule has 0 aliphatic carbocycles. The van der Waals surface area contributed by atoms with Crippen molar-refractivity contribution in [3.8, 4) is 5.75 Å². The molecule has 0 bridgehead atoms. The quantitative estimate of drug-likeness (QED) is 0.347. The number of aromatic nitrogens is 4. The summed E-state index contributed by atoms with van der Waals surface area (Å²) in [5, 5.41) is 4.12. The van der Waals surface area contributed by atoms with E-state index < -0.39 is 11.4 Å². The summed E-state index contributed by atoms with van der Waals surface area (Å²) in [6, 6.07) is 16.8. The molecule has 0 saturated carbocycles. The van der Waals surface area contributed by atoms with E-state index >= 15 is 0 Å². The van der Waals surface area contributed by atoms with Gasteiger partial charge < -0.3 is 14.5 Å². The van der Waals surface area contributed by atoms with Crippen LogP contribution in [0.5, 0.6) is 5.75 Å². The van der Waals surface area contributed by atoms with Crippen molar-refractivity contribution in [1.29, 1.82) is 0 Å². The van der Waals surface area contributed by atoms with Crippen LogP contribution in [0.1, 0.15) is 27.9 Å². The fraction of sp³-hybridized carbons (Fsp3) is 0.214. The second kappa shape index (κ2) is 10.1. The third-order valence-electron chi connectivity index (χ3n) is 6.30. The average Bonchev–Trinajstić information content (AvgIpc) is 3.36. The second-order valence-corrected chi connectivity index (χ2v) is 8.92. The molecular weight excluding hydrogens is 470 g/mol. The minimum absolute atomic E-state index is 0.0939. The van der Waals surface area contributed by atoms with Gasteiger partial charge in [0.1, 0.15) is 11.3 Å². The van der Waals surface area contributed by atoms with Crippen molar-refractivity contribution in [2.75, 3.05) is 12.4 Å². The van der Waals surface area contributed by atoms with Crippen LogP contribution in [0.3, 0.4) is 0 Å². The van der Waals surface area contributed by atoms with Gasteiger partial charge in [-0.1, -0.05) is 18.2 Å². The van der Waals surface area contributed by atoms with Gasteiger partial charge >= 0.3 is 11.4 Å². The van der Waals surface area contributed by atoms with Gasteiger partial charge in [-0.05, 0) is 72.5 Å². The smallest absolute Gasteiger partial charge is 0.355 e. The van der Waals surface area contributed by atoms with Crippen molar-refractivity contribution < 1.29 is 9.15 Å². The molecule has 0 saturated heterocycles. The zero-order chi connectivity index (χ0) is 25.9. The lowest BCUT2D eigenvalue weighted by Crippen LogP contribution is -2.43. The molecule has 37 heavy (non-hydrogen) atoms. The summed E-state index contributed by atoms with van der Waals surface area (Å²) >= 11 is 0. The molecular formula is C28H27N5O4. The highest BCUT2D eigenvalue weighted by molar-refractivity contribution is 5.77. The van der Waals surface area contributed by atoms with Crippen LogP contribution in [-0.2, 0) is 19.6 Å². The van der Waals surface area contributed by atoms with Crippen molar-refractivity contribution in [2.24, 2.45) is 0 Å². The van der Waals surface area contributed by atoms with Crippen molar-refractivity contribution in [3.05, 3.63) is 116 Å². The molecule has 0 aliphatic rings. The molecule has 3 aromatic heterocycles. The molecule has 9 nitrogen and oxygen atoms in total. The first-order valence-electron chi connectivity index (χ1n) is 11.9. The minimum atomic E-state index is -0.622. The van der Waals surface area contributed by atoms with Crippen LogP contribution in [0.2, 0.25) is 0 Å². The number of furan rings is 1. The third-order valence-corrected chi connectivity index (χ3v) is 6.30. The number of hydrogen-bond acceptors (Lipinski definition) is 7. The van der Waals surface area contributed by atoms with Gasteiger partial charge in [-0.15, -0.1) is 0 Å². The van der Waals surface area contributed by atoms with Crippen LogP contribution < -0.4 is 21.4 Å². The summed E-state index contributed by atoms with van der Waals surface area (Å²) in [6.07, 6.45) is 3.42. The van der Waals surface area contributed by atoms with E-state index in [9.17, 15) is 9.59 Å². The van der Waals surface area contributed by atoms with Gasteiger partial charge in [0.15, 0.2) is 0 Å². The first kappa shape index (κ1) is 24.1. The molecule has 5 aromatic rings. The van der Waals surface area contributed by atoms with Crippen molar-refractivity contribution >= 4 is 16.9 Å². The van der Waals surface area contributed by atoms with E-state index in [0.717, 1.165) is 43.5 Å². The van der Waals surface area contributed by atoms with Gasteiger partial charge in [-0.2, -0.15) is 4.98 Å². The fourth-order valence-corrected chi connectivity index (χ4v) is 4.24. The van der Waals surface area contributed by atoms with Crippen LogP contribution in [0.4, 0.5) is 5.95 Å². The van der Waals surface area contributed by atoms with Crippen LogP contribution in [0.25, 0.3) is 11.0 Å². The Kier molecular flexibility index (Phi) is 6.59. The lowest BCUT2D eigenvalue weighted by Gasteiger charge is -2.16. The lowest BCUT2D eigenvalue weighted by molar-refractivity contribution is 0.414. The Hall–Kier alpha value is -4.66. The maximum absolute atomic E-state index is 13.7. The maximum Gasteiger partial charge on any atom is 0.355 e. The Morgan fingerprint density at radius 2 is 1.70 bits per heavy atom. The van der Waals surface area contributed by atoms with Crippen LogP contribution in [0.15, 0.2) is 81.1 Å². The first-order chi connectivity index (χ1) is 17.9. The fourth-order valence-electron chi connectivity index (χ4n) is 4.24. The van der Waals surface area contributed by atoms with Gasteiger partial charge in [0, 0.05) is 23.8 Å². The Morgan fingerprint density at radius 3 is 2.46 bits per heavy atom. The van der Waals surface area contributed by atoms with Gasteiger partial charge in [-0.3, -0.25) is 9.55 Å². The van der Waals surface area contributed by atoms with E-state index in [4.69, 9.17) is 9.15 Å². The van der Waals surface area contributed by atoms with Crippen LogP contribution in [0, 0.1) is 13.8 Å². The molecule has 0 atom stereocenters. The molecule has 0 aliphatic heterocycles. The topological polar surface area (TPSA) is 104 Å². The number of ether oxygens (including phenoxy) is 1. The zero-order valence-electron chi connectivity index (χ0n) is 20.9. The van der Waals surface area contributed by atoms with Gasteiger partial charge in [0.05, 0.1) is 26.5 Å². The highest BCUT2D eigenvalue weighted by Gasteiger charge is 2.15. The normalized spacial score (nSPS) is 11.1. The number of methoxy groups -OCH3 is 1. The number of aryl methyl sites for hydroxylation is 2. The molecule has 0 spiro atoms. The summed E-state index contributed by atoms with van der Waals surface area (Å²) in [5.41, 5.74) is 4.29. The number of fused-ring (bicyclic) bond motifs is 1. The molecule has 5 rings (SSSR count).